The lowest BCUT2D eigenvalue weighted by Gasteiger charge is -2.06. The number of hydrogen-bond donors (Lipinski definition) is 1. The summed E-state index contributed by atoms with van der Waals surface area (Å²) in [5.41, 5.74) is 2.27. The van der Waals surface area contributed by atoms with E-state index in [0.717, 1.165) is 11.3 Å². The number of benzene rings is 2. The normalized spacial score (nSPS) is 10.4. The molecule has 2 aromatic carbocycles. The molecule has 8 nitrogen and oxygen atoms in total. The zero-order chi connectivity index (χ0) is 20.8. The van der Waals surface area contributed by atoms with Crippen molar-refractivity contribution in [1.29, 1.82) is 5.26 Å². The number of hydrogen-bond acceptors (Lipinski definition) is 6. The lowest BCUT2D eigenvalue weighted by molar-refractivity contribution is 0.0919. The smallest absolute Gasteiger partial charge is 0.287 e. The number of carbonyl (C=O) groups excluding carboxylic acids is 1. The van der Waals surface area contributed by atoms with Gasteiger partial charge in [0.25, 0.3) is 5.91 Å². The van der Waals surface area contributed by atoms with E-state index in [2.05, 4.69) is 21.5 Å². The molecule has 0 aliphatic heterocycles. The van der Waals surface area contributed by atoms with Gasteiger partial charge in [-0.2, -0.15) is 10.4 Å². The number of carbonyl (C=O) groups is 1. The van der Waals surface area contributed by atoms with Gasteiger partial charge in [0.1, 0.15) is 36.8 Å². The van der Waals surface area contributed by atoms with Gasteiger partial charge >= 0.3 is 0 Å². The van der Waals surface area contributed by atoms with Gasteiger partial charge < -0.3 is 14.5 Å². The molecule has 0 saturated heterocycles. The van der Waals surface area contributed by atoms with Gasteiger partial charge in [0, 0.05) is 6.54 Å². The molecular weight excluding hydrogens is 382 g/mol. The van der Waals surface area contributed by atoms with E-state index in [-0.39, 0.29) is 18.3 Å². The summed E-state index contributed by atoms with van der Waals surface area (Å²) in [4.78, 5) is 16.3. The highest BCUT2D eigenvalue weighted by Crippen LogP contribution is 2.19. The lowest BCUT2D eigenvalue weighted by atomic mass is 10.2. The second-order valence-corrected chi connectivity index (χ2v) is 6.35. The molecule has 1 N–H and O–H groups in total. The zero-order valence-corrected chi connectivity index (χ0v) is 15.9. The quantitative estimate of drug-likeness (QED) is 0.511. The van der Waals surface area contributed by atoms with Crippen LogP contribution in [0.2, 0.25) is 0 Å². The average molecular weight is 399 g/mol. The van der Waals surface area contributed by atoms with Crippen LogP contribution in [0.3, 0.4) is 0 Å². The van der Waals surface area contributed by atoms with Crippen LogP contribution >= 0.6 is 0 Å². The summed E-state index contributed by atoms with van der Waals surface area (Å²) in [6, 6.07) is 19.9. The predicted octanol–water partition coefficient (Wildman–Crippen LogP) is 3.24. The Kier molecular flexibility index (Phi) is 5.53. The molecular formula is C22H17N5O3. The van der Waals surface area contributed by atoms with Crippen molar-refractivity contribution < 1.29 is 13.9 Å². The Hall–Kier alpha value is -4.38. The molecule has 8 heteroatoms. The van der Waals surface area contributed by atoms with Crippen LogP contribution in [0.15, 0.2) is 77.7 Å². The molecule has 0 bridgehead atoms. The molecule has 1 amide bonds. The van der Waals surface area contributed by atoms with Gasteiger partial charge in [-0.05, 0) is 42.0 Å². The van der Waals surface area contributed by atoms with Crippen LogP contribution in [0.1, 0.15) is 27.4 Å². The number of aromatic nitrogens is 3. The summed E-state index contributed by atoms with van der Waals surface area (Å²) in [7, 11) is 0. The molecule has 2 aromatic heterocycles. The van der Waals surface area contributed by atoms with E-state index in [9.17, 15) is 4.79 Å². The highest BCUT2D eigenvalue weighted by Gasteiger charge is 2.12. The van der Waals surface area contributed by atoms with Crippen LogP contribution in [-0.2, 0) is 13.2 Å². The SMILES string of the molecule is N#Cc1ccccc1OCc1ccc(C(=O)NCc2ccc(-n3cncn3)cc2)o1. The van der Waals surface area contributed by atoms with E-state index in [4.69, 9.17) is 14.4 Å². The number of amides is 1. The molecule has 0 fully saturated rings. The second-order valence-electron chi connectivity index (χ2n) is 6.35. The Morgan fingerprint density at radius 2 is 1.97 bits per heavy atom. The summed E-state index contributed by atoms with van der Waals surface area (Å²) in [6.45, 7) is 0.480. The first-order chi connectivity index (χ1) is 14.7. The van der Waals surface area contributed by atoms with Crippen LogP contribution in [0.5, 0.6) is 5.75 Å². The van der Waals surface area contributed by atoms with Crippen LogP contribution in [-0.4, -0.2) is 20.7 Å². The van der Waals surface area contributed by atoms with Crippen molar-refractivity contribution in [2.75, 3.05) is 0 Å². The molecule has 0 spiro atoms. The minimum atomic E-state index is -0.320. The number of rotatable bonds is 7. The maximum absolute atomic E-state index is 12.3. The number of furan rings is 1. The van der Waals surface area contributed by atoms with Gasteiger partial charge in [-0.1, -0.05) is 24.3 Å². The fourth-order valence-corrected chi connectivity index (χ4v) is 2.79. The third kappa shape index (κ3) is 4.36. The molecule has 0 saturated carbocycles. The van der Waals surface area contributed by atoms with Crippen molar-refractivity contribution >= 4 is 5.91 Å². The predicted molar refractivity (Wildman–Crippen MR) is 107 cm³/mol. The van der Waals surface area contributed by atoms with Gasteiger partial charge in [0.05, 0.1) is 11.3 Å². The third-order valence-corrected chi connectivity index (χ3v) is 4.34. The summed E-state index contributed by atoms with van der Waals surface area (Å²) < 4.78 is 12.8. The molecule has 4 aromatic rings. The Labute approximate surface area is 172 Å². The highest BCUT2D eigenvalue weighted by atomic mass is 16.5. The van der Waals surface area contributed by atoms with Crippen LogP contribution in [0.4, 0.5) is 0 Å². The number of nitrogens with zero attached hydrogens (tertiary/aromatic N) is 4. The molecule has 4 rings (SSSR count). The monoisotopic (exact) mass is 399 g/mol. The third-order valence-electron chi connectivity index (χ3n) is 4.34. The summed E-state index contributed by atoms with van der Waals surface area (Å²) >= 11 is 0. The zero-order valence-electron chi connectivity index (χ0n) is 15.9. The Morgan fingerprint density at radius 3 is 2.73 bits per heavy atom. The van der Waals surface area contributed by atoms with E-state index >= 15 is 0 Å². The largest absolute Gasteiger partial charge is 0.484 e. The van der Waals surface area contributed by atoms with Crippen molar-refractivity contribution in [3.63, 3.8) is 0 Å². The maximum Gasteiger partial charge on any atom is 0.287 e. The average Bonchev–Trinajstić information content (AvgIpc) is 3.49. The molecule has 148 valence electrons. The number of ether oxygens (including phenoxy) is 1. The first-order valence-electron chi connectivity index (χ1n) is 9.16. The number of nitrogens with one attached hydrogen (secondary N) is 1. The minimum absolute atomic E-state index is 0.121. The number of para-hydroxylation sites is 1. The van der Waals surface area contributed by atoms with Crippen LogP contribution in [0, 0.1) is 11.3 Å². The van der Waals surface area contributed by atoms with Gasteiger partial charge in [0.15, 0.2) is 5.76 Å². The topological polar surface area (TPSA) is 106 Å². The van der Waals surface area contributed by atoms with E-state index in [1.54, 1.807) is 47.4 Å². The minimum Gasteiger partial charge on any atom is -0.484 e. The van der Waals surface area contributed by atoms with E-state index in [1.165, 1.54) is 6.33 Å². The molecule has 2 heterocycles. The fraction of sp³-hybridized carbons (Fsp3) is 0.0909. The van der Waals surface area contributed by atoms with E-state index < -0.39 is 0 Å². The Morgan fingerprint density at radius 1 is 1.13 bits per heavy atom. The van der Waals surface area contributed by atoms with Crippen molar-refractivity contribution in [3.05, 3.63) is 96.0 Å². The summed E-state index contributed by atoms with van der Waals surface area (Å²) in [6.07, 6.45) is 3.09. The van der Waals surface area contributed by atoms with Crippen molar-refractivity contribution in [1.82, 2.24) is 20.1 Å². The molecule has 0 atom stereocenters. The Balaban J connectivity index is 1.31. The lowest BCUT2D eigenvalue weighted by Crippen LogP contribution is -2.22. The van der Waals surface area contributed by atoms with E-state index in [0.29, 0.717) is 23.6 Å². The molecule has 30 heavy (non-hydrogen) atoms. The highest BCUT2D eigenvalue weighted by molar-refractivity contribution is 5.91. The van der Waals surface area contributed by atoms with Gasteiger partial charge in [-0.3, -0.25) is 4.79 Å². The van der Waals surface area contributed by atoms with Crippen molar-refractivity contribution in [2.45, 2.75) is 13.2 Å². The molecule has 0 aliphatic carbocycles. The molecule has 0 radical (unpaired) electrons. The molecule has 0 unspecified atom stereocenters. The van der Waals surface area contributed by atoms with Crippen LogP contribution in [0.25, 0.3) is 5.69 Å². The maximum atomic E-state index is 12.3. The van der Waals surface area contributed by atoms with Gasteiger partial charge in [-0.15, -0.1) is 0 Å². The van der Waals surface area contributed by atoms with Crippen LogP contribution < -0.4 is 10.1 Å². The first kappa shape index (κ1) is 19.0. The molecule has 0 aliphatic rings. The second kappa shape index (κ2) is 8.75. The Bertz CT molecular complexity index is 1170. The van der Waals surface area contributed by atoms with Crippen molar-refractivity contribution in [3.8, 4) is 17.5 Å². The van der Waals surface area contributed by atoms with Gasteiger partial charge in [0.2, 0.25) is 0 Å². The fourth-order valence-electron chi connectivity index (χ4n) is 2.79. The van der Waals surface area contributed by atoms with Gasteiger partial charge in [-0.25, -0.2) is 9.67 Å². The first-order valence-corrected chi connectivity index (χ1v) is 9.16. The summed E-state index contributed by atoms with van der Waals surface area (Å²) in [5.74, 6) is 0.835. The standard InChI is InChI=1S/C22H17N5O3/c23-11-17-3-1-2-4-20(17)29-13-19-9-10-21(30-19)22(28)25-12-16-5-7-18(8-6-16)27-15-24-14-26-27/h1-10,14-15H,12-13H2,(H,25,28). The van der Waals surface area contributed by atoms with Crippen molar-refractivity contribution in [2.24, 2.45) is 0 Å². The number of nitriles is 1. The summed E-state index contributed by atoms with van der Waals surface area (Å²) in [5, 5.41) is 16.0. The van der Waals surface area contributed by atoms with E-state index in [1.807, 2.05) is 24.3 Å².